The quantitative estimate of drug-likeness (QED) is 0.471. The molecule has 164 valence electrons. The van der Waals surface area contributed by atoms with E-state index in [-0.39, 0.29) is 5.41 Å². The van der Waals surface area contributed by atoms with Gasteiger partial charge in [0.1, 0.15) is 12.4 Å². The number of hydrogen-bond acceptors (Lipinski definition) is 4. The van der Waals surface area contributed by atoms with Crippen molar-refractivity contribution in [1.82, 2.24) is 4.90 Å². The van der Waals surface area contributed by atoms with Gasteiger partial charge >= 0.3 is 0 Å². The lowest BCUT2D eigenvalue weighted by atomic mass is 9.43. The van der Waals surface area contributed by atoms with Gasteiger partial charge in [-0.25, -0.2) is 0 Å². The van der Waals surface area contributed by atoms with Gasteiger partial charge in [0, 0.05) is 24.3 Å². The first-order valence-electron chi connectivity index (χ1n) is 12.2. The second kappa shape index (κ2) is 7.98. The fourth-order valence-corrected chi connectivity index (χ4v) is 8.09. The van der Waals surface area contributed by atoms with Crippen LogP contribution in [-0.4, -0.2) is 43.6 Å². The number of rotatable bonds is 5. The number of ketones is 1. The average Bonchev–Trinajstić information content (AvgIpc) is 2.99. The van der Waals surface area contributed by atoms with Crippen molar-refractivity contribution in [3.63, 3.8) is 0 Å². The first-order valence-corrected chi connectivity index (χ1v) is 12.2. The van der Waals surface area contributed by atoms with E-state index >= 15 is 0 Å². The second-order valence-electron chi connectivity index (χ2n) is 11.2. The largest absolute Gasteiger partial charge is 0.394 e. The normalized spacial score (nSPS) is 45.8. The Bertz CT molecular complexity index is 659. The van der Waals surface area contributed by atoms with Crippen molar-refractivity contribution in [2.75, 3.05) is 27.2 Å². The third-order valence-electron chi connectivity index (χ3n) is 9.74. The van der Waals surface area contributed by atoms with Gasteiger partial charge in [-0.3, -0.25) is 4.79 Å². The molecule has 0 aliphatic heterocycles. The van der Waals surface area contributed by atoms with Gasteiger partial charge in [0.05, 0.1) is 5.71 Å². The molecule has 0 aromatic rings. The molecule has 29 heavy (non-hydrogen) atoms. The van der Waals surface area contributed by atoms with E-state index in [1.807, 2.05) is 0 Å². The standard InChI is InChI=1S/C25H42N2O2/c1-6-17-19-8-7-18-20-9-10-23(28)25(20,3)13-11-21(18)24(19,2)14-12-22(17)26-29-16-15-27(4)5/h17-21H,6-16H2,1-5H3/b26-22+/t17-,18+,19?,20+,21+,24+,25+/m1/s1. The number of nitrogens with zero attached hydrogens (tertiary/aromatic N) is 2. The zero-order valence-electron chi connectivity index (χ0n) is 19.4. The molecule has 0 heterocycles. The predicted octanol–water partition coefficient (Wildman–Crippen LogP) is 5.17. The molecule has 4 rings (SSSR count). The molecule has 1 unspecified atom stereocenters. The summed E-state index contributed by atoms with van der Waals surface area (Å²) in [5, 5.41) is 4.65. The van der Waals surface area contributed by atoms with Crippen LogP contribution in [0.4, 0.5) is 0 Å². The molecule has 4 fully saturated rings. The molecule has 0 bridgehead atoms. The Balaban J connectivity index is 1.51. The van der Waals surface area contributed by atoms with E-state index in [1.54, 1.807) is 0 Å². The number of likely N-dealkylation sites (N-methyl/N-ethyl adjacent to an activating group) is 1. The molecular formula is C25H42N2O2. The summed E-state index contributed by atoms with van der Waals surface area (Å²) in [5.74, 6) is 4.10. The van der Waals surface area contributed by atoms with E-state index < -0.39 is 0 Å². The summed E-state index contributed by atoms with van der Waals surface area (Å²) in [5.41, 5.74) is 1.74. The van der Waals surface area contributed by atoms with E-state index in [0.29, 0.717) is 29.6 Å². The van der Waals surface area contributed by atoms with Gasteiger partial charge in [-0.1, -0.05) is 25.9 Å². The van der Waals surface area contributed by atoms with Crippen LogP contribution in [0.1, 0.15) is 78.6 Å². The topological polar surface area (TPSA) is 41.9 Å². The van der Waals surface area contributed by atoms with Crippen molar-refractivity contribution in [2.24, 2.45) is 45.6 Å². The van der Waals surface area contributed by atoms with Crippen molar-refractivity contribution >= 4 is 11.5 Å². The van der Waals surface area contributed by atoms with E-state index in [4.69, 9.17) is 4.84 Å². The number of oxime groups is 1. The highest BCUT2D eigenvalue weighted by atomic mass is 16.6. The van der Waals surface area contributed by atoms with Gasteiger partial charge in [0.25, 0.3) is 0 Å². The fraction of sp³-hybridized carbons (Fsp3) is 0.920. The summed E-state index contributed by atoms with van der Waals surface area (Å²) in [6.45, 7) is 8.82. The maximum absolute atomic E-state index is 12.6. The number of Topliss-reactive ketones (excluding diaryl/α,β-unsaturated/α-hetero) is 1. The van der Waals surface area contributed by atoms with Crippen molar-refractivity contribution in [1.29, 1.82) is 0 Å². The minimum Gasteiger partial charge on any atom is -0.394 e. The summed E-state index contributed by atoms with van der Waals surface area (Å²) in [7, 11) is 4.14. The Hall–Kier alpha value is -0.900. The molecule has 7 atom stereocenters. The van der Waals surface area contributed by atoms with Gasteiger partial charge in [0.2, 0.25) is 0 Å². The zero-order valence-corrected chi connectivity index (χ0v) is 19.4. The van der Waals surface area contributed by atoms with Crippen molar-refractivity contribution in [3.05, 3.63) is 0 Å². The molecule has 0 radical (unpaired) electrons. The molecule has 0 aromatic carbocycles. The molecule has 0 amide bonds. The van der Waals surface area contributed by atoms with Crippen LogP contribution < -0.4 is 0 Å². The maximum atomic E-state index is 12.6. The molecule has 0 N–H and O–H groups in total. The van der Waals surface area contributed by atoms with Gasteiger partial charge in [-0.15, -0.1) is 0 Å². The van der Waals surface area contributed by atoms with Crippen LogP contribution in [0.25, 0.3) is 0 Å². The molecule has 4 aliphatic rings. The van der Waals surface area contributed by atoms with Crippen LogP contribution >= 0.6 is 0 Å². The predicted molar refractivity (Wildman–Crippen MR) is 118 cm³/mol. The van der Waals surface area contributed by atoms with Crippen molar-refractivity contribution < 1.29 is 9.63 Å². The molecule has 0 aromatic heterocycles. The van der Waals surface area contributed by atoms with Gasteiger partial charge in [0.15, 0.2) is 0 Å². The van der Waals surface area contributed by atoms with Crippen LogP contribution in [0.3, 0.4) is 0 Å². The van der Waals surface area contributed by atoms with Gasteiger partial charge in [-0.2, -0.15) is 0 Å². The van der Waals surface area contributed by atoms with Crippen molar-refractivity contribution in [3.8, 4) is 0 Å². The number of hydrogen-bond donors (Lipinski definition) is 0. The molecule has 0 saturated heterocycles. The Morgan fingerprint density at radius 1 is 1.03 bits per heavy atom. The van der Waals surface area contributed by atoms with E-state index in [9.17, 15) is 4.79 Å². The molecule has 4 heteroatoms. The van der Waals surface area contributed by atoms with Gasteiger partial charge < -0.3 is 9.74 Å². The first-order chi connectivity index (χ1) is 13.8. The summed E-state index contributed by atoms with van der Waals surface area (Å²) in [6, 6.07) is 0. The smallest absolute Gasteiger partial charge is 0.139 e. The lowest BCUT2D eigenvalue weighted by Gasteiger charge is -2.61. The number of carbonyl (C=O) groups excluding carboxylic acids is 1. The monoisotopic (exact) mass is 402 g/mol. The first kappa shape index (κ1) is 21.3. The van der Waals surface area contributed by atoms with Crippen LogP contribution in [0.2, 0.25) is 0 Å². The fourth-order valence-electron chi connectivity index (χ4n) is 8.09. The third kappa shape index (κ3) is 3.47. The molecule has 4 nitrogen and oxygen atoms in total. The highest BCUT2D eigenvalue weighted by molar-refractivity contribution is 5.88. The Morgan fingerprint density at radius 2 is 1.83 bits per heavy atom. The summed E-state index contributed by atoms with van der Waals surface area (Å²) in [6.07, 6.45) is 10.5. The van der Waals surface area contributed by atoms with Crippen molar-refractivity contribution in [2.45, 2.75) is 78.6 Å². The van der Waals surface area contributed by atoms with Crippen LogP contribution in [0.15, 0.2) is 5.16 Å². The number of carbonyl (C=O) groups is 1. The Kier molecular flexibility index (Phi) is 5.87. The van der Waals surface area contributed by atoms with E-state index in [2.05, 4.69) is 44.9 Å². The molecule has 4 aliphatic carbocycles. The molecule has 4 saturated carbocycles. The summed E-state index contributed by atoms with van der Waals surface area (Å²) in [4.78, 5) is 20.5. The van der Waals surface area contributed by atoms with E-state index in [1.165, 1.54) is 37.8 Å². The Labute approximate surface area is 177 Å². The minimum atomic E-state index is -0.00388. The zero-order chi connectivity index (χ0) is 20.8. The van der Waals surface area contributed by atoms with Crippen LogP contribution in [0, 0.1) is 40.4 Å². The maximum Gasteiger partial charge on any atom is 0.139 e. The summed E-state index contributed by atoms with van der Waals surface area (Å²) < 4.78 is 0. The minimum absolute atomic E-state index is 0.00388. The SMILES string of the molecule is CC[C@H]1/C(=N/OCCN(C)C)CC[C@@]2(C)C1CC[C@@H]1[C@@H]2CC[C@]2(C)C(=O)CC[C@@H]12. The summed E-state index contributed by atoms with van der Waals surface area (Å²) >= 11 is 0. The Morgan fingerprint density at radius 3 is 2.55 bits per heavy atom. The lowest BCUT2D eigenvalue weighted by Crippen LogP contribution is -2.56. The second-order valence-corrected chi connectivity index (χ2v) is 11.2. The average molecular weight is 403 g/mol. The third-order valence-corrected chi connectivity index (χ3v) is 9.74. The highest BCUT2D eigenvalue weighted by Gasteiger charge is 2.61. The van der Waals surface area contributed by atoms with Crippen LogP contribution in [0.5, 0.6) is 0 Å². The van der Waals surface area contributed by atoms with E-state index in [0.717, 1.165) is 50.0 Å². The number of fused-ring (bicyclic) bond motifs is 5. The molecule has 0 spiro atoms. The van der Waals surface area contributed by atoms with Crippen LogP contribution in [-0.2, 0) is 9.63 Å². The molecular weight excluding hydrogens is 360 g/mol. The highest BCUT2D eigenvalue weighted by Crippen LogP contribution is 2.66. The van der Waals surface area contributed by atoms with Gasteiger partial charge in [-0.05, 0) is 94.5 Å². The lowest BCUT2D eigenvalue weighted by molar-refractivity contribution is -0.138.